The van der Waals surface area contributed by atoms with Gasteiger partial charge < -0.3 is 11.1 Å². The molecule has 0 saturated heterocycles. The van der Waals surface area contributed by atoms with Gasteiger partial charge >= 0.3 is 0 Å². The first-order chi connectivity index (χ1) is 13.3. The zero-order chi connectivity index (χ0) is 20.3. The van der Waals surface area contributed by atoms with Crippen LogP contribution < -0.4 is 11.1 Å². The average Bonchev–Trinajstić information content (AvgIpc) is 2.67. The van der Waals surface area contributed by atoms with E-state index < -0.39 is 11.7 Å². The van der Waals surface area contributed by atoms with Gasteiger partial charge in [-0.3, -0.25) is 9.78 Å². The summed E-state index contributed by atoms with van der Waals surface area (Å²) in [5.74, 6) is -0.730. The van der Waals surface area contributed by atoms with Gasteiger partial charge in [0.05, 0.1) is 10.7 Å². The minimum absolute atomic E-state index is 0.212. The zero-order valence-corrected chi connectivity index (χ0v) is 16.2. The van der Waals surface area contributed by atoms with Gasteiger partial charge in [-0.2, -0.15) is 0 Å². The second-order valence-electron chi connectivity index (χ2n) is 6.93. The molecule has 0 unspecified atom stereocenters. The predicted octanol–water partition coefficient (Wildman–Crippen LogP) is 3.82. The number of nitrogens with zero attached hydrogens (tertiary/aromatic N) is 3. The smallest absolute Gasteiger partial charge is 0.248 e. The molecule has 3 rings (SSSR count). The van der Waals surface area contributed by atoms with Crippen LogP contribution in [0.1, 0.15) is 29.9 Å². The lowest BCUT2D eigenvalue weighted by atomic mass is 9.88. The highest BCUT2D eigenvalue weighted by Crippen LogP contribution is 2.28. The molecule has 2 aromatic heterocycles. The SMILES string of the molecule is CC(C)(CNc1ncc(-c2cc(C(N)=O)ccc2F)cn1)c1ncccc1Cl. The Bertz CT molecular complexity index is 1010. The number of hydrogen-bond acceptors (Lipinski definition) is 5. The van der Waals surface area contributed by atoms with E-state index in [2.05, 4.69) is 20.3 Å². The summed E-state index contributed by atoms with van der Waals surface area (Å²) in [6.07, 6.45) is 4.67. The van der Waals surface area contributed by atoms with E-state index in [0.717, 1.165) is 5.69 Å². The van der Waals surface area contributed by atoms with Crippen LogP contribution >= 0.6 is 11.6 Å². The Morgan fingerprint density at radius 3 is 2.57 bits per heavy atom. The summed E-state index contributed by atoms with van der Waals surface area (Å²) in [7, 11) is 0. The van der Waals surface area contributed by atoms with E-state index in [4.69, 9.17) is 17.3 Å². The molecule has 6 nitrogen and oxygen atoms in total. The third-order valence-corrected chi connectivity index (χ3v) is 4.61. The first kappa shape index (κ1) is 19.7. The highest BCUT2D eigenvalue weighted by atomic mass is 35.5. The summed E-state index contributed by atoms with van der Waals surface area (Å²) in [5.41, 5.74) is 6.54. The Morgan fingerprint density at radius 1 is 1.21 bits per heavy atom. The monoisotopic (exact) mass is 399 g/mol. The van der Waals surface area contributed by atoms with Gasteiger partial charge in [0.2, 0.25) is 11.9 Å². The molecule has 0 spiro atoms. The molecule has 0 aliphatic heterocycles. The molecule has 8 heteroatoms. The molecule has 3 aromatic rings. The Labute approximate surface area is 167 Å². The van der Waals surface area contributed by atoms with Crippen molar-refractivity contribution in [1.29, 1.82) is 0 Å². The molecule has 144 valence electrons. The van der Waals surface area contributed by atoms with Crippen LogP contribution in [0.4, 0.5) is 10.3 Å². The van der Waals surface area contributed by atoms with Crippen molar-refractivity contribution in [2.24, 2.45) is 5.73 Å². The average molecular weight is 400 g/mol. The summed E-state index contributed by atoms with van der Waals surface area (Å²) in [5, 5.41) is 3.74. The van der Waals surface area contributed by atoms with Crippen molar-refractivity contribution in [2.45, 2.75) is 19.3 Å². The van der Waals surface area contributed by atoms with Crippen LogP contribution in [-0.2, 0) is 5.41 Å². The van der Waals surface area contributed by atoms with Crippen molar-refractivity contribution >= 4 is 23.5 Å². The molecule has 2 heterocycles. The van der Waals surface area contributed by atoms with Crippen LogP contribution in [0.3, 0.4) is 0 Å². The van der Waals surface area contributed by atoms with Crippen LogP contribution in [-0.4, -0.2) is 27.4 Å². The number of carbonyl (C=O) groups excluding carboxylic acids is 1. The highest BCUT2D eigenvalue weighted by molar-refractivity contribution is 6.31. The maximum Gasteiger partial charge on any atom is 0.248 e. The van der Waals surface area contributed by atoms with E-state index in [1.54, 1.807) is 18.3 Å². The van der Waals surface area contributed by atoms with Gasteiger partial charge in [0.1, 0.15) is 5.82 Å². The first-order valence-corrected chi connectivity index (χ1v) is 8.92. The zero-order valence-electron chi connectivity index (χ0n) is 15.4. The molecular formula is C20H19ClFN5O. The molecule has 28 heavy (non-hydrogen) atoms. The van der Waals surface area contributed by atoms with Crippen LogP contribution in [0.5, 0.6) is 0 Å². The van der Waals surface area contributed by atoms with Gasteiger partial charge in [-0.15, -0.1) is 0 Å². The Hall–Kier alpha value is -3.06. The number of anilines is 1. The number of pyridine rings is 1. The van der Waals surface area contributed by atoms with E-state index >= 15 is 0 Å². The summed E-state index contributed by atoms with van der Waals surface area (Å²) in [6, 6.07) is 7.49. The van der Waals surface area contributed by atoms with E-state index in [9.17, 15) is 9.18 Å². The van der Waals surface area contributed by atoms with Crippen LogP contribution in [0.25, 0.3) is 11.1 Å². The largest absolute Gasteiger partial charge is 0.366 e. The lowest BCUT2D eigenvalue weighted by Crippen LogP contribution is -2.29. The summed E-state index contributed by atoms with van der Waals surface area (Å²) >= 11 is 6.24. The number of amides is 1. The Balaban J connectivity index is 1.76. The number of hydrogen-bond donors (Lipinski definition) is 2. The third-order valence-electron chi connectivity index (χ3n) is 4.30. The van der Waals surface area contributed by atoms with Crippen molar-refractivity contribution in [2.75, 3.05) is 11.9 Å². The molecule has 0 bridgehead atoms. The predicted molar refractivity (Wildman–Crippen MR) is 107 cm³/mol. The van der Waals surface area contributed by atoms with Crippen LogP contribution in [0.2, 0.25) is 5.02 Å². The normalized spacial score (nSPS) is 11.3. The fraction of sp³-hybridized carbons (Fsp3) is 0.200. The second kappa shape index (κ2) is 7.90. The van der Waals surface area contributed by atoms with Crippen molar-refractivity contribution in [3.05, 3.63) is 71.0 Å². The molecule has 0 fully saturated rings. The summed E-state index contributed by atoms with van der Waals surface area (Å²) in [4.78, 5) is 24.1. The van der Waals surface area contributed by atoms with Gasteiger partial charge in [0.15, 0.2) is 0 Å². The van der Waals surface area contributed by atoms with Gasteiger partial charge in [0.25, 0.3) is 0 Å². The van der Waals surface area contributed by atoms with Crippen molar-refractivity contribution in [3.8, 4) is 11.1 Å². The quantitative estimate of drug-likeness (QED) is 0.657. The first-order valence-electron chi connectivity index (χ1n) is 8.54. The molecule has 3 N–H and O–H groups in total. The number of benzene rings is 1. The van der Waals surface area contributed by atoms with E-state index in [1.165, 1.54) is 30.6 Å². The molecule has 0 atom stereocenters. The topological polar surface area (TPSA) is 93.8 Å². The minimum Gasteiger partial charge on any atom is -0.366 e. The number of aromatic nitrogens is 3. The minimum atomic E-state index is -0.629. The maximum absolute atomic E-state index is 14.1. The fourth-order valence-corrected chi connectivity index (χ4v) is 3.10. The maximum atomic E-state index is 14.1. The summed E-state index contributed by atoms with van der Waals surface area (Å²) < 4.78 is 14.1. The number of nitrogens with two attached hydrogens (primary N) is 1. The molecule has 0 saturated carbocycles. The Morgan fingerprint density at radius 2 is 1.93 bits per heavy atom. The highest BCUT2D eigenvalue weighted by Gasteiger charge is 2.25. The van der Waals surface area contributed by atoms with E-state index in [1.807, 2.05) is 13.8 Å². The van der Waals surface area contributed by atoms with Gasteiger partial charge in [-0.25, -0.2) is 14.4 Å². The number of primary amides is 1. The number of rotatable bonds is 6. The van der Waals surface area contributed by atoms with Crippen molar-refractivity contribution in [1.82, 2.24) is 15.0 Å². The number of carbonyl (C=O) groups is 1. The summed E-state index contributed by atoms with van der Waals surface area (Å²) in [6.45, 7) is 4.51. The van der Waals surface area contributed by atoms with Crippen molar-refractivity contribution in [3.63, 3.8) is 0 Å². The fourth-order valence-electron chi connectivity index (χ4n) is 2.73. The van der Waals surface area contributed by atoms with Gasteiger partial charge in [-0.05, 0) is 30.3 Å². The number of nitrogens with one attached hydrogen (secondary N) is 1. The van der Waals surface area contributed by atoms with E-state index in [-0.39, 0.29) is 16.5 Å². The van der Waals surface area contributed by atoms with Gasteiger partial charge in [0, 0.05) is 47.2 Å². The molecular weight excluding hydrogens is 381 g/mol. The van der Waals surface area contributed by atoms with Crippen molar-refractivity contribution < 1.29 is 9.18 Å². The Kier molecular flexibility index (Phi) is 5.56. The number of halogens is 2. The van der Waals surface area contributed by atoms with Gasteiger partial charge in [-0.1, -0.05) is 25.4 Å². The molecule has 0 aliphatic rings. The molecule has 1 amide bonds. The molecule has 0 radical (unpaired) electrons. The standard InChI is InChI=1S/C20H19ClFN5O/c1-20(2,17-15(21)4-3-7-24-17)11-27-19-25-9-13(10-26-19)14-8-12(18(23)28)5-6-16(14)22/h3-10H,11H2,1-2H3,(H2,23,28)(H,25,26,27). The van der Waals surface area contributed by atoms with Crippen LogP contribution in [0, 0.1) is 5.82 Å². The lowest BCUT2D eigenvalue weighted by Gasteiger charge is -2.25. The lowest BCUT2D eigenvalue weighted by molar-refractivity contribution is 0.100. The molecule has 1 aromatic carbocycles. The molecule has 0 aliphatic carbocycles. The third kappa shape index (κ3) is 4.26. The second-order valence-corrected chi connectivity index (χ2v) is 7.33. The van der Waals surface area contributed by atoms with Crippen LogP contribution in [0.15, 0.2) is 48.9 Å². The van der Waals surface area contributed by atoms with E-state index in [0.29, 0.717) is 23.1 Å².